The fraction of sp³-hybridized carbons (Fsp3) is 0. The average molecular weight is 148 g/mol. The normalized spacial score (nSPS) is 11.7. The molecule has 7 heteroatoms. The van der Waals surface area contributed by atoms with Crippen molar-refractivity contribution in [3.05, 3.63) is 6.20 Å². The maximum atomic E-state index is 10.0. The molecule has 0 aromatic carbocycles. The van der Waals surface area contributed by atoms with E-state index in [1.165, 1.54) is 0 Å². The highest BCUT2D eigenvalue weighted by Gasteiger charge is 2.01. The van der Waals surface area contributed by atoms with Crippen molar-refractivity contribution >= 4 is 10.1 Å². The van der Waals surface area contributed by atoms with Crippen molar-refractivity contribution in [3.8, 4) is 0 Å². The lowest BCUT2D eigenvalue weighted by atomic mass is 11.0. The van der Waals surface area contributed by atoms with Gasteiger partial charge in [-0.25, -0.2) is 8.42 Å². The number of H-pyrrole nitrogens is 1. The molecule has 0 amide bonds. The first kappa shape index (κ1) is 6.17. The van der Waals surface area contributed by atoms with E-state index in [0.717, 1.165) is 6.20 Å². The van der Waals surface area contributed by atoms with Crippen LogP contribution in [-0.4, -0.2) is 28.4 Å². The summed E-state index contributed by atoms with van der Waals surface area (Å²) in [5.74, 6) is 0. The predicted octanol–water partition coefficient (Wildman–Crippen LogP) is -1.29. The number of aromatic amines is 1. The first-order valence-corrected chi connectivity index (χ1v) is 3.33. The van der Waals surface area contributed by atoms with Crippen LogP contribution in [0.15, 0.2) is 11.2 Å². The maximum Gasteiger partial charge on any atom is 0.184 e. The zero-order valence-corrected chi connectivity index (χ0v) is 4.92. The van der Waals surface area contributed by atoms with Gasteiger partial charge in [0.15, 0.2) is 5.03 Å². The van der Waals surface area contributed by atoms with E-state index in [1.807, 2.05) is 5.21 Å². The molecule has 0 aliphatic rings. The van der Waals surface area contributed by atoms with E-state index in [1.54, 1.807) is 0 Å². The Labute approximate surface area is 50.6 Å². The minimum absolute atomic E-state index is 0.581. The van der Waals surface area contributed by atoms with E-state index in [9.17, 15) is 13.0 Å². The number of nitrogens with zero attached hydrogens (tertiary/aromatic N) is 2. The molecule has 0 fully saturated rings. The molecule has 1 rings (SSSR count). The topological polar surface area (TPSA) is 98.8 Å². The lowest BCUT2D eigenvalue weighted by Crippen LogP contribution is -1.98. The molecule has 1 aromatic heterocycles. The Morgan fingerprint density at radius 1 is 1.67 bits per heavy atom. The largest absolute Gasteiger partial charge is 0.743 e. The van der Waals surface area contributed by atoms with E-state index in [-0.39, 0.29) is 0 Å². The molecule has 0 radical (unpaired) electrons. The molecule has 1 N–H and O–H groups in total. The summed E-state index contributed by atoms with van der Waals surface area (Å²) in [4.78, 5) is 0. The lowest BCUT2D eigenvalue weighted by Gasteiger charge is -1.97. The highest BCUT2D eigenvalue weighted by Crippen LogP contribution is 1.96. The van der Waals surface area contributed by atoms with E-state index < -0.39 is 15.1 Å². The Balaban J connectivity index is 3.20. The molecular weight excluding hydrogens is 146 g/mol. The van der Waals surface area contributed by atoms with Crippen molar-refractivity contribution in [2.75, 3.05) is 0 Å². The van der Waals surface area contributed by atoms with Gasteiger partial charge in [-0.3, -0.25) is 0 Å². The lowest BCUT2D eigenvalue weighted by molar-refractivity contribution is 0.459. The molecule has 0 unspecified atom stereocenters. The summed E-state index contributed by atoms with van der Waals surface area (Å²) < 4.78 is 30.0. The zero-order chi connectivity index (χ0) is 6.91. The highest BCUT2D eigenvalue weighted by molar-refractivity contribution is 7.85. The quantitative estimate of drug-likeness (QED) is 0.499. The second kappa shape index (κ2) is 1.78. The van der Waals surface area contributed by atoms with Crippen molar-refractivity contribution in [1.82, 2.24) is 15.4 Å². The first-order valence-electron chi connectivity index (χ1n) is 1.92. The summed E-state index contributed by atoms with van der Waals surface area (Å²) >= 11 is 0. The van der Waals surface area contributed by atoms with Gasteiger partial charge in [0, 0.05) is 0 Å². The fourth-order valence-corrected chi connectivity index (χ4v) is 0.646. The Hall–Kier alpha value is -0.950. The van der Waals surface area contributed by atoms with E-state index in [2.05, 4.69) is 10.2 Å². The van der Waals surface area contributed by atoms with Crippen molar-refractivity contribution in [1.29, 1.82) is 0 Å². The maximum absolute atomic E-state index is 10.0. The average Bonchev–Trinajstić information content (AvgIpc) is 2.08. The van der Waals surface area contributed by atoms with Crippen LogP contribution in [0.2, 0.25) is 0 Å². The van der Waals surface area contributed by atoms with Crippen LogP contribution in [0, 0.1) is 0 Å². The SMILES string of the molecule is O=S(=O)([O-])c1cn[nH]n1. The molecule has 6 nitrogen and oxygen atoms in total. The smallest absolute Gasteiger partial charge is 0.184 e. The number of hydrogen-bond donors (Lipinski definition) is 1. The van der Waals surface area contributed by atoms with Gasteiger partial charge in [-0.15, -0.1) is 5.10 Å². The van der Waals surface area contributed by atoms with Crippen LogP contribution in [0.1, 0.15) is 0 Å². The fourth-order valence-electron chi connectivity index (χ4n) is 0.312. The first-order chi connectivity index (χ1) is 4.11. The summed E-state index contributed by atoms with van der Waals surface area (Å²) in [6.07, 6.45) is 0.850. The van der Waals surface area contributed by atoms with Crippen molar-refractivity contribution in [3.63, 3.8) is 0 Å². The molecule has 0 saturated heterocycles. The van der Waals surface area contributed by atoms with Crippen LogP contribution in [0.25, 0.3) is 0 Å². The molecule has 0 atom stereocenters. The predicted molar refractivity (Wildman–Crippen MR) is 24.3 cm³/mol. The molecule has 9 heavy (non-hydrogen) atoms. The number of rotatable bonds is 1. The third kappa shape index (κ3) is 1.24. The number of aromatic nitrogens is 3. The summed E-state index contributed by atoms with van der Waals surface area (Å²) in [6, 6.07) is 0. The van der Waals surface area contributed by atoms with Crippen LogP contribution in [0.3, 0.4) is 0 Å². The minimum Gasteiger partial charge on any atom is -0.743 e. The second-order valence-electron chi connectivity index (χ2n) is 1.26. The molecule has 1 aromatic rings. The molecule has 1 heterocycles. The summed E-state index contributed by atoms with van der Waals surface area (Å²) in [5, 5.41) is 7.60. The highest BCUT2D eigenvalue weighted by atomic mass is 32.2. The van der Waals surface area contributed by atoms with Gasteiger partial charge >= 0.3 is 0 Å². The van der Waals surface area contributed by atoms with Crippen LogP contribution in [0.5, 0.6) is 0 Å². The van der Waals surface area contributed by atoms with Crippen LogP contribution < -0.4 is 0 Å². The van der Waals surface area contributed by atoms with Crippen LogP contribution in [-0.2, 0) is 10.1 Å². The molecule has 0 aliphatic heterocycles. The van der Waals surface area contributed by atoms with Crippen LogP contribution in [0.4, 0.5) is 0 Å². The Kier molecular flexibility index (Phi) is 1.22. The van der Waals surface area contributed by atoms with Gasteiger partial charge in [0.05, 0.1) is 6.20 Å². The summed E-state index contributed by atoms with van der Waals surface area (Å²) in [7, 11) is -4.41. The van der Waals surface area contributed by atoms with Gasteiger partial charge in [-0.05, 0) is 0 Å². The monoisotopic (exact) mass is 148 g/mol. The summed E-state index contributed by atoms with van der Waals surface area (Å²) in [6.45, 7) is 0. The molecule has 50 valence electrons. The third-order valence-electron chi connectivity index (χ3n) is 0.649. The number of hydrogen-bond acceptors (Lipinski definition) is 5. The molecule has 0 saturated carbocycles. The van der Waals surface area contributed by atoms with Gasteiger partial charge in [0.25, 0.3) is 0 Å². The Morgan fingerprint density at radius 2 is 2.33 bits per heavy atom. The van der Waals surface area contributed by atoms with Gasteiger partial charge in [-0.1, -0.05) is 0 Å². The zero-order valence-electron chi connectivity index (χ0n) is 4.10. The molecule has 0 aliphatic carbocycles. The Morgan fingerprint density at radius 3 is 2.56 bits per heavy atom. The molecule has 0 bridgehead atoms. The third-order valence-corrected chi connectivity index (χ3v) is 1.36. The second-order valence-corrected chi connectivity index (χ2v) is 2.59. The van der Waals surface area contributed by atoms with E-state index >= 15 is 0 Å². The van der Waals surface area contributed by atoms with E-state index in [0.29, 0.717) is 0 Å². The van der Waals surface area contributed by atoms with Crippen LogP contribution >= 0.6 is 0 Å². The Bertz CT molecular complexity index is 274. The van der Waals surface area contributed by atoms with Gasteiger partial charge < -0.3 is 4.55 Å². The van der Waals surface area contributed by atoms with Crippen molar-refractivity contribution in [2.24, 2.45) is 0 Å². The van der Waals surface area contributed by atoms with Gasteiger partial charge in [0.2, 0.25) is 0 Å². The standard InChI is InChI=1S/C2H3N3O3S/c6-9(7,8)2-1-3-5-4-2/h1H,(H,3,4,5)(H,6,7,8)/p-1. The summed E-state index contributed by atoms with van der Waals surface area (Å²) in [5.41, 5.74) is 0. The van der Waals surface area contributed by atoms with Gasteiger partial charge in [-0.2, -0.15) is 10.3 Å². The number of nitrogens with one attached hydrogen (secondary N) is 1. The molecule has 0 spiro atoms. The van der Waals surface area contributed by atoms with Crippen molar-refractivity contribution < 1.29 is 13.0 Å². The molecular formula is C2H2N3O3S-. The van der Waals surface area contributed by atoms with Crippen molar-refractivity contribution in [2.45, 2.75) is 5.03 Å². The minimum atomic E-state index is -4.41. The van der Waals surface area contributed by atoms with E-state index in [4.69, 9.17) is 0 Å². The van der Waals surface area contributed by atoms with Gasteiger partial charge in [0.1, 0.15) is 10.1 Å².